The van der Waals surface area contributed by atoms with Crippen molar-refractivity contribution in [1.82, 2.24) is 4.90 Å². The molecule has 2 aliphatic carbocycles. The Morgan fingerprint density at radius 2 is 1.30 bits per heavy atom. The summed E-state index contributed by atoms with van der Waals surface area (Å²) in [6.07, 6.45) is 15.6. The molecule has 2 N–H and O–H groups in total. The van der Waals surface area contributed by atoms with E-state index in [1.54, 1.807) is 0 Å². The van der Waals surface area contributed by atoms with E-state index in [1.165, 1.54) is 77.2 Å². The van der Waals surface area contributed by atoms with Gasteiger partial charge in [-0.15, -0.1) is 0 Å². The minimum absolute atomic E-state index is 0.379. The highest BCUT2D eigenvalue weighted by atomic mass is 15.2. The van der Waals surface area contributed by atoms with E-state index in [0.29, 0.717) is 12.0 Å². The summed E-state index contributed by atoms with van der Waals surface area (Å²) in [5, 5.41) is 0. The predicted octanol–water partition coefficient (Wildman–Crippen LogP) is 4.33. The first-order valence-electron chi connectivity index (χ1n) is 9.20. The van der Waals surface area contributed by atoms with Crippen LogP contribution in [0.25, 0.3) is 0 Å². The highest BCUT2D eigenvalue weighted by molar-refractivity contribution is 4.84. The summed E-state index contributed by atoms with van der Waals surface area (Å²) in [7, 11) is 0. The van der Waals surface area contributed by atoms with E-state index in [4.69, 9.17) is 5.73 Å². The van der Waals surface area contributed by atoms with Crippen LogP contribution in [0.15, 0.2) is 0 Å². The van der Waals surface area contributed by atoms with E-state index < -0.39 is 0 Å². The molecule has 0 bridgehead atoms. The van der Waals surface area contributed by atoms with Crippen molar-refractivity contribution in [3.05, 3.63) is 0 Å². The zero-order chi connectivity index (χ0) is 14.4. The molecule has 0 aromatic rings. The zero-order valence-corrected chi connectivity index (χ0v) is 13.8. The van der Waals surface area contributed by atoms with Gasteiger partial charge in [-0.1, -0.05) is 52.4 Å². The van der Waals surface area contributed by atoms with Gasteiger partial charge >= 0.3 is 0 Å². The number of rotatable bonds is 6. The average Bonchev–Trinajstić information content (AvgIpc) is 2.49. The Morgan fingerprint density at radius 1 is 0.850 bits per heavy atom. The molecule has 1 unspecified atom stereocenters. The van der Waals surface area contributed by atoms with Crippen LogP contribution >= 0.6 is 0 Å². The second-order valence-electron chi connectivity index (χ2n) is 7.52. The first-order chi connectivity index (χ1) is 9.68. The third-order valence-corrected chi connectivity index (χ3v) is 5.66. The van der Waals surface area contributed by atoms with Gasteiger partial charge in [0.05, 0.1) is 0 Å². The fourth-order valence-corrected chi connectivity index (χ4v) is 4.12. The SMILES string of the molecule is CC(C)C(N)CCN(C1CCCCC1)C1CCCCC1. The second kappa shape index (κ2) is 8.38. The van der Waals surface area contributed by atoms with Crippen molar-refractivity contribution in [2.24, 2.45) is 11.7 Å². The van der Waals surface area contributed by atoms with Crippen LogP contribution < -0.4 is 5.73 Å². The van der Waals surface area contributed by atoms with Gasteiger partial charge < -0.3 is 5.73 Å². The Balaban J connectivity index is 1.91. The van der Waals surface area contributed by atoms with Crippen LogP contribution in [0.2, 0.25) is 0 Å². The van der Waals surface area contributed by atoms with E-state index >= 15 is 0 Å². The predicted molar refractivity (Wildman–Crippen MR) is 87.9 cm³/mol. The summed E-state index contributed by atoms with van der Waals surface area (Å²) in [5.74, 6) is 0.620. The average molecular weight is 280 g/mol. The van der Waals surface area contributed by atoms with Crippen molar-refractivity contribution in [2.45, 2.75) is 103 Å². The topological polar surface area (TPSA) is 29.3 Å². The molecule has 2 nitrogen and oxygen atoms in total. The van der Waals surface area contributed by atoms with Gasteiger partial charge in [-0.25, -0.2) is 0 Å². The normalized spacial score (nSPS) is 24.4. The maximum atomic E-state index is 6.30. The van der Waals surface area contributed by atoms with E-state index in [1.807, 2.05) is 0 Å². The highest BCUT2D eigenvalue weighted by Crippen LogP contribution is 2.30. The zero-order valence-electron chi connectivity index (χ0n) is 13.8. The van der Waals surface area contributed by atoms with Gasteiger partial charge in [0.2, 0.25) is 0 Å². The van der Waals surface area contributed by atoms with Gasteiger partial charge in [0.15, 0.2) is 0 Å². The summed E-state index contributed by atoms with van der Waals surface area (Å²) in [6, 6.07) is 2.11. The molecule has 0 aliphatic heterocycles. The molecule has 0 aromatic heterocycles. The number of nitrogens with zero attached hydrogens (tertiary/aromatic N) is 1. The number of nitrogens with two attached hydrogens (primary N) is 1. The van der Waals surface area contributed by atoms with Crippen LogP contribution in [0.1, 0.15) is 84.5 Å². The fraction of sp³-hybridized carbons (Fsp3) is 1.00. The molecule has 0 radical (unpaired) electrons. The summed E-state index contributed by atoms with van der Waals surface area (Å²) < 4.78 is 0. The summed E-state index contributed by atoms with van der Waals surface area (Å²) in [6.45, 7) is 5.77. The molecule has 0 saturated heterocycles. The maximum Gasteiger partial charge on any atom is 0.00982 e. The van der Waals surface area contributed by atoms with Gasteiger partial charge in [0.25, 0.3) is 0 Å². The van der Waals surface area contributed by atoms with Crippen LogP contribution in [-0.2, 0) is 0 Å². The number of hydrogen-bond acceptors (Lipinski definition) is 2. The quantitative estimate of drug-likeness (QED) is 0.785. The van der Waals surface area contributed by atoms with E-state index in [2.05, 4.69) is 18.7 Å². The second-order valence-corrected chi connectivity index (χ2v) is 7.52. The van der Waals surface area contributed by atoms with Crippen LogP contribution in [0, 0.1) is 5.92 Å². The van der Waals surface area contributed by atoms with E-state index in [0.717, 1.165) is 12.1 Å². The third kappa shape index (κ3) is 4.73. The van der Waals surface area contributed by atoms with Gasteiger partial charge in [-0.2, -0.15) is 0 Å². The highest BCUT2D eigenvalue weighted by Gasteiger charge is 2.28. The Morgan fingerprint density at radius 3 is 1.70 bits per heavy atom. The smallest absolute Gasteiger partial charge is 0.00982 e. The molecule has 1 atom stereocenters. The molecule has 2 fully saturated rings. The first kappa shape index (κ1) is 16.3. The molecule has 20 heavy (non-hydrogen) atoms. The Labute approximate surface area is 126 Å². The van der Waals surface area contributed by atoms with Crippen molar-refractivity contribution >= 4 is 0 Å². The van der Waals surface area contributed by atoms with Gasteiger partial charge in [0, 0.05) is 24.7 Å². The van der Waals surface area contributed by atoms with Gasteiger partial charge in [0.1, 0.15) is 0 Å². The molecule has 0 amide bonds. The number of hydrogen-bond donors (Lipinski definition) is 1. The maximum absolute atomic E-state index is 6.30. The largest absolute Gasteiger partial charge is 0.327 e. The van der Waals surface area contributed by atoms with Gasteiger partial charge in [-0.3, -0.25) is 4.90 Å². The molecular weight excluding hydrogens is 244 g/mol. The molecule has 0 heterocycles. The van der Waals surface area contributed by atoms with Crippen LogP contribution in [0.4, 0.5) is 0 Å². The summed E-state index contributed by atoms with van der Waals surface area (Å²) in [5.41, 5.74) is 6.30. The van der Waals surface area contributed by atoms with Gasteiger partial charge in [-0.05, 0) is 38.0 Å². The lowest BCUT2D eigenvalue weighted by atomic mass is 9.88. The van der Waals surface area contributed by atoms with E-state index in [-0.39, 0.29) is 0 Å². The minimum Gasteiger partial charge on any atom is -0.327 e. The molecule has 0 spiro atoms. The van der Waals surface area contributed by atoms with E-state index in [9.17, 15) is 0 Å². The van der Waals surface area contributed by atoms with Crippen LogP contribution in [-0.4, -0.2) is 29.6 Å². The summed E-state index contributed by atoms with van der Waals surface area (Å²) >= 11 is 0. The fourth-order valence-electron chi connectivity index (χ4n) is 4.12. The summed E-state index contributed by atoms with van der Waals surface area (Å²) in [4.78, 5) is 2.89. The lowest BCUT2D eigenvalue weighted by molar-refractivity contribution is 0.0761. The third-order valence-electron chi connectivity index (χ3n) is 5.66. The standard InChI is InChI=1S/C18H36N2/c1-15(2)18(19)13-14-20(16-9-5-3-6-10-16)17-11-7-4-8-12-17/h15-18H,3-14,19H2,1-2H3. The lowest BCUT2D eigenvalue weighted by Crippen LogP contribution is -2.47. The first-order valence-corrected chi connectivity index (χ1v) is 9.20. The molecule has 2 aliphatic rings. The van der Waals surface area contributed by atoms with Crippen LogP contribution in [0.3, 0.4) is 0 Å². The van der Waals surface area contributed by atoms with Crippen molar-refractivity contribution in [1.29, 1.82) is 0 Å². The van der Waals surface area contributed by atoms with Crippen molar-refractivity contribution in [3.8, 4) is 0 Å². The van der Waals surface area contributed by atoms with Crippen molar-refractivity contribution < 1.29 is 0 Å². The van der Waals surface area contributed by atoms with Crippen LogP contribution in [0.5, 0.6) is 0 Å². The molecule has 2 rings (SSSR count). The molecule has 118 valence electrons. The Kier molecular flexibility index (Phi) is 6.83. The Hall–Kier alpha value is -0.0800. The Bertz CT molecular complexity index is 234. The molecule has 2 saturated carbocycles. The monoisotopic (exact) mass is 280 g/mol. The van der Waals surface area contributed by atoms with Crippen molar-refractivity contribution in [3.63, 3.8) is 0 Å². The minimum atomic E-state index is 0.379. The molecule has 0 aromatic carbocycles. The lowest BCUT2D eigenvalue weighted by Gasteiger charge is -2.42. The molecule has 2 heteroatoms. The van der Waals surface area contributed by atoms with Crippen molar-refractivity contribution in [2.75, 3.05) is 6.54 Å². The molecular formula is C18H36N2.